The molecule has 0 saturated heterocycles. The molecule has 1 aromatic carbocycles. The first-order chi connectivity index (χ1) is 15.8. The molecule has 160 valence electrons. The molecule has 9 heteroatoms. The van der Waals surface area contributed by atoms with Crippen LogP contribution in [0.5, 0.6) is 0 Å². The van der Waals surface area contributed by atoms with Gasteiger partial charge in [0.15, 0.2) is 11.6 Å². The average molecular weight is 444 g/mol. The van der Waals surface area contributed by atoms with Crippen LogP contribution in [-0.4, -0.2) is 32.7 Å². The van der Waals surface area contributed by atoms with Gasteiger partial charge in [-0.15, -0.1) is 11.3 Å². The zero-order valence-corrected chi connectivity index (χ0v) is 17.9. The van der Waals surface area contributed by atoms with Crippen LogP contribution >= 0.6 is 11.3 Å². The van der Waals surface area contributed by atoms with Crippen molar-refractivity contribution in [2.24, 2.45) is 5.73 Å². The van der Waals surface area contributed by atoms with Crippen LogP contribution in [0.25, 0.3) is 21.6 Å². The number of hydrogen-bond acceptors (Lipinski definition) is 9. The molecule has 0 fully saturated rings. The summed E-state index contributed by atoms with van der Waals surface area (Å²) in [6.45, 7) is 0.584. The summed E-state index contributed by atoms with van der Waals surface area (Å²) < 4.78 is 5.88. The highest BCUT2D eigenvalue weighted by Crippen LogP contribution is 2.36. The molecule has 8 nitrogen and oxygen atoms in total. The van der Waals surface area contributed by atoms with Gasteiger partial charge in [-0.05, 0) is 24.1 Å². The number of rotatable bonds is 8. The molecule has 1 unspecified atom stereocenters. The Kier molecular flexibility index (Phi) is 5.73. The fourth-order valence-electron chi connectivity index (χ4n) is 3.39. The van der Waals surface area contributed by atoms with Crippen LogP contribution in [-0.2, 0) is 6.42 Å². The predicted molar refractivity (Wildman–Crippen MR) is 127 cm³/mol. The molecule has 4 aromatic heterocycles. The number of anilines is 3. The molecule has 4 N–H and O–H groups in total. The minimum absolute atomic E-state index is 0.0560. The summed E-state index contributed by atoms with van der Waals surface area (Å²) in [6.07, 6.45) is 5.76. The molecule has 0 amide bonds. The zero-order chi connectivity index (χ0) is 21.8. The van der Waals surface area contributed by atoms with Crippen molar-refractivity contribution in [2.45, 2.75) is 12.5 Å². The molecule has 0 saturated carbocycles. The van der Waals surface area contributed by atoms with Gasteiger partial charge in [0.05, 0.1) is 10.4 Å². The van der Waals surface area contributed by atoms with Crippen LogP contribution < -0.4 is 16.4 Å². The summed E-state index contributed by atoms with van der Waals surface area (Å²) in [5.74, 6) is 1.98. The van der Waals surface area contributed by atoms with Gasteiger partial charge in [0.25, 0.3) is 0 Å². The van der Waals surface area contributed by atoms with Crippen LogP contribution in [0.1, 0.15) is 5.56 Å². The second-order valence-corrected chi connectivity index (χ2v) is 8.18. The maximum absolute atomic E-state index is 6.40. The number of nitrogens with zero attached hydrogens (tertiary/aromatic N) is 4. The fraction of sp³-hybridized carbons (Fsp3) is 0.130. The lowest BCUT2D eigenvalue weighted by Crippen LogP contribution is -2.31. The summed E-state index contributed by atoms with van der Waals surface area (Å²) in [5, 5.41) is 12.6. The van der Waals surface area contributed by atoms with E-state index in [1.807, 2.05) is 35.7 Å². The number of pyridine rings is 1. The number of nitrogens with one attached hydrogen (secondary N) is 2. The Bertz CT molecular complexity index is 1290. The molecule has 0 spiro atoms. The first-order valence-corrected chi connectivity index (χ1v) is 11.0. The Morgan fingerprint density at radius 2 is 1.88 bits per heavy atom. The van der Waals surface area contributed by atoms with Crippen LogP contribution in [0.4, 0.5) is 17.3 Å². The Morgan fingerprint density at radius 3 is 2.66 bits per heavy atom. The van der Waals surface area contributed by atoms with Crippen molar-refractivity contribution >= 4 is 38.9 Å². The van der Waals surface area contributed by atoms with Crippen molar-refractivity contribution in [1.29, 1.82) is 0 Å². The normalized spacial score (nSPS) is 12.0. The number of hydrogen-bond donors (Lipinski definition) is 3. The van der Waals surface area contributed by atoms with E-state index in [2.05, 4.69) is 32.9 Å². The van der Waals surface area contributed by atoms with E-state index in [0.29, 0.717) is 18.2 Å². The van der Waals surface area contributed by atoms with Crippen LogP contribution in [0.2, 0.25) is 0 Å². The van der Waals surface area contributed by atoms with E-state index < -0.39 is 0 Å². The van der Waals surface area contributed by atoms with Gasteiger partial charge in [0.1, 0.15) is 17.6 Å². The van der Waals surface area contributed by atoms with E-state index in [0.717, 1.165) is 33.7 Å². The topological polar surface area (TPSA) is 115 Å². The lowest BCUT2D eigenvalue weighted by molar-refractivity contribution is 0.423. The van der Waals surface area contributed by atoms with E-state index in [4.69, 9.17) is 20.2 Å². The van der Waals surface area contributed by atoms with Crippen molar-refractivity contribution < 1.29 is 4.52 Å². The molecular formula is C23H21N7OS. The highest BCUT2D eigenvalue weighted by atomic mass is 32.1. The van der Waals surface area contributed by atoms with Gasteiger partial charge in [0, 0.05) is 42.0 Å². The molecular weight excluding hydrogens is 422 g/mol. The molecule has 5 aromatic rings. The third kappa shape index (κ3) is 4.43. The van der Waals surface area contributed by atoms with Gasteiger partial charge in [-0.1, -0.05) is 35.5 Å². The van der Waals surface area contributed by atoms with Crippen LogP contribution in [0, 0.1) is 0 Å². The monoisotopic (exact) mass is 443 g/mol. The van der Waals surface area contributed by atoms with Crippen LogP contribution in [0.3, 0.4) is 0 Å². The fourth-order valence-corrected chi connectivity index (χ4v) is 4.29. The summed E-state index contributed by atoms with van der Waals surface area (Å²) in [7, 11) is 0. The van der Waals surface area contributed by atoms with Gasteiger partial charge >= 0.3 is 0 Å². The number of nitrogens with two attached hydrogens (primary N) is 1. The maximum Gasteiger partial charge on any atom is 0.173 e. The molecule has 4 heterocycles. The van der Waals surface area contributed by atoms with Gasteiger partial charge in [-0.3, -0.25) is 4.98 Å². The Balaban J connectivity index is 1.45. The third-order valence-electron chi connectivity index (χ3n) is 4.93. The predicted octanol–water partition coefficient (Wildman–Crippen LogP) is 4.47. The minimum atomic E-state index is -0.0560. The van der Waals surface area contributed by atoms with Gasteiger partial charge < -0.3 is 20.9 Å². The molecule has 5 rings (SSSR count). The molecule has 0 radical (unpaired) electrons. The first-order valence-electron chi connectivity index (χ1n) is 10.2. The average Bonchev–Trinajstić information content (AvgIpc) is 3.49. The SMILES string of the molecule is NC(CNc1nc(-c2ccncc2)nc2c(Nc3ccon3)csc12)Cc1ccccc1. The van der Waals surface area contributed by atoms with E-state index in [-0.39, 0.29) is 6.04 Å². The van der Waals surface area contributed by atoms with Crippen molar-refractivity contribution in [2.75, 3.05) is 17.2 Å². The molecule has 0 aliphatic rings. The first kappa shape index (κ1) is 20.1. The smallest absolute Gasteiger partial charge is 0.173 e. The van der Waals surface area contributed by atoms with Crippen molar-refractivity contribution in [1.82, 2.24) is 20.1 Å². The van der Waals surface area contributed by atoms with Crippen LogP contribution in [0.15, 0.2) is 77.1 Å². The largest absolute Gasteiger partial charge is 0.367 e. The van der Waals surface area contributed by atoms with Crippen molar-refractivity contribution in [3.8, 4) is 11.4 Å². The lowest BCUT2D eigenvalue weighted by Gasteiger charge is -2.14. The summed E-state index contributed by atoms with van der Waals surface area (Å²) in [4.78, 5) is 13.7. The van der Waals surface area contributed by atoms with E-state index in [1.54, 1.807) is 29.8 Å². The van der Waals surface area contributed by atoms with Gasteiger partial charge in [-0.2, -0.15) is 0 Å². The molecule has 0 aliphatic carbocycles. The highest BCUT2D eigenvalue weighted by Gasteiger charge is 2.16. The third-order valence-corrected chi connectivity index (χ3v) is 5.90. The van der Waals surface area contributed by atoms with E-state index in [9.17, 15) is 0 Å². The second kappa shape index (κ2) is 9.13. The lowest BCUT2D eigenvalue weighted by atomic mass is 10.1. The summed E-state index contributed by atoms with van der Waals surface area (Å²) >= 11 is 1.56. The van der Waals surface area contributed by atoms with Crippen molar-refractivity contribution in [3.63, 3.8) is 0 Å². The standard InChI is InChI=1S/C23H21N7OS/c24-17(12-15-4-2-1-3-5-15)13-26-23-21-20(18(14-32-21)27-19-8-11-31-30-19)28-22(29-23)16-6-9-25-10-7-16/h1-11,14,17H,12-13,24H2,(H,27,30)(H,26,28,29). The molecule has 32 heavy (non-hydrogen) atoms. The molecule has 1 atom stereocenters. The van der Waals surface area contributed by atoms with E-state index in [1.165, 1.54) is 11.8 Å². The summed E-state index contributed by atoms with van der Waals surface area (Å²) in [5.41, 5.74) is 10.1. The number of fused-ring (bicyclic) bond motifs is 1. The Hall–Kier alpha value is -3.82. The summed E-state index contributed by atoms with van der Waals surface area (Å²) in [6, 6.07) is 15.7. The number of aromatic nitrogens is 4. The highest BCUT2D eigenvalue weighted by molar-refractivity contribution is 7.18. The molecule has 0 bridgehead atoms. The Labute approximate surface area is 188 Å². The van der Waals surface area contributed by atoms with Crippen molar-refractivity contribution in [3.05, 3.63) is 78.1 Å². The zero-order valence-electron chi connectivity index (χ0n) is 17.1. The maximum atomic E-state index is 6.40. The quantitative estimate of drug-likeness (QED) is 0.322. The number of thiophene rings is 1. The van der Waals surface area contributed by atoms with Gasteiger partial charge in [-0.25, -0.2) is 9.97 Å². The number of benzene rings is 1. The minimum Gasteiger partial charge on any atom is -0.367 e. The van der Waals surface area contributed by atoms with E-state index >= 15 is 0 Å². The molecule has 0 aliphatic heterocycles. The van der Waals surface area contributed by atoms with Gasteiger partial charge in [0.2, 0.25) is 0 Å². The second-order valence-electron chi connectivity index (χ2n) is 7.30. The Morgan fingerprint density at radius 1 is 1.03 bits per heavy atom.